The third-order valence-corrected chi connectivity index (χ3v) is 3.14. The number of H-pyrrole nitrogens is 1. The summed E-state index contributed by atoms with van der Waals surface area (Å²) in [6, 6.07) is 5.18. The number of fused-ring (bicyclic) bond motifs is 1. The number of pyridine rings is 1. The van der Waals surface area contributed by atoms with Gasteiger partial charge in [-0.05, 0) is 13.0 Å². The second kappa shape index (κ2) is 6.49. The minimum Gasteiger partial charge on any atom is -0.475 e. The van der Waals surface area contributed by atoms with E-state index in [1.807, 2.05) is 0 Å². The van der Waals surface area contributed by atoms with E-state index in [1.165, 1.54) is 0 Å². The highest BCUT2D eigenvalue weighted by molar-refractivity contribution is 6.11. The number of aryl methyl sites for hydroxylation is 1. The van der Waals surface area contributed by atoms with E-state index in [9.17, 15) is 4.79 Å². The highest BCUT2D eigenvalue weighted by atomic mass is 16.5. The number of carbonyl (C=O) groups excluding carboxylic acids is 1. The Morgan fingerprint density at radius 2 is 2.26 bits per heavy atom. The fourth-order valence-electron chi connectivity index (χ4n) is 2.07. The quantitative estimate of drug-likeness (QED) is 0.675. The molecule has 120 valence electrons. The topological polar surface area (TPSA) is 102 Å². The number of hydrogen-bond acceptors (Lipinski definition) is 6. The van der Waals surface area contributed by atoms with E-state index < -0.39 is 0 Å². The number of hydrogen-bond donors (Lipinski definition) is 2. The molecule has 0 fully saturated rings. The molecule has 0 aliphatic heterocycles. The van der Waals surface area contributed by atoms with E-state index in [1.54, 1.807) is 38.4 Å². The van der Waals surface area contributed by atoms with Crippen molar-refractivity contribution in [2.45, 2.75) is 6.92 Å². The Bertz CT molecular complexity index is 824. The molecule has 3 heterocycles. The summed E-state index contributed by atoms with van der Waals surface area (Å²) in [6.07, 6.45) is 1.59. The van der Waals surface area contributed by atoms with Crippen molar-refractivity contribution < 1.29 is 18.8 Å². The number of aromatic nitrogens is 3. The van der Waals surface area contributed by atoms with Crippen molar-refractivity contribution in [3.05, 3.63) is 35.7 Å². The number of methoxy groups -OCH3 is 1. The number of carbonyl (C=O) groups is 1. The van der Waals surface area contributed by atoms with Crippen LogP contribution >= 0.6 is 0 Å². The second-order valence-electron chi connectivity index (χ2n) is 4.88. The number of nitrogens with zero attached hydrogens (tertiary/aromatic N) is 2. The summed E-state index contributed by atoms with van der Waals surface area (Å²) in [5, 5.41) is 6.36. The smallest absolute Gasteiger partial charge is 0.261 e. The number of ether oxygens (including phenoxy) is 2. The van der Waals surface area contributed by atoms with Gasteiger partial charge in [-0.15, -0.1) is 0 Å². The minimum absolute atomic E-state index is 0.286. The summed E-state index contributed by atoms with van der Waals surface area (Å²) in [4.78, 5) is 19.7. The Hall–Kier alpha value is -2.87. The van der Waals surface area contributed by atoms with Crippen LogP contribution in [0.5, 0.6) is 5.88 Å². The van der Waals surface area contributed by atoms with Crippen LogP contribution in [0, 0.1) is 6.92 Å². The van der Waals surface area contributed by atoms with Crippen molar-refractivity contribution in [1.29, 1.82) is 0 Å². The molecule has 0 radical (unpaired) electrons. The molecule has 0 bridgehead atoms. The van der Waals surface area contributed by atoms with Gasteiger partial charge in [-0.2, -0.15) is 0 Å². The molecule has 0 aliphatic rings. The van der Waals surface area contributed by atoms with Crippen LogP contribution in [0.3, 0.4) is 0 Å². The fraction of sp³-hybridized carbons (Fsp3) is 0.267. The van der Waals surface area contributed by atoms with Crippen LogP contribution in [0.4, 0.5) is 5.88 Å². The first kappa shape index (κ1) is 15.0. The largest absolute Gasteiger partial charge is 0.475 e. The van der Waals surface area contributed by atoms with Gasteiger partial charge in [0.2, 0.25) is 11.8 Å². The zero-order chi connectivity index (χ0) is 16.2. The van der Waals surface area contributed by atoms with Gasteiger partial charge in [-0.1, -0.05) is 5.16 Å². The second-order valence-corrected chi connectivity index (χ2v) is 4.88. The summed E-state index contributed by atoms with van der Waals surface area (Å²) in [7, 11) is 1.60. The number of rotatable bonds is 6. The number of amides is 1. The predicted octanol–water partition coefficient (Wildman–Crippen LogP) is 2.14. The molecule has 0 spiro atoms. The Labute approximate surface area is 131 Å². The van der Waals surface area contributed by atoms with Crippen molar-refractivity contribution in [1.82, 2.24) is 15.1 Å². The standard InChI is InChI=1S/C15H16N4O4/c1-9-7-13(23-19-9)18-15(20)10-8-16-11-3-4-12(17-14(10)11)22-6-5-21-2/h3-4,7-8,16H,5-6H2,1-2H3,(H,18,20). The Balaban J connectivity index is 1.82. The van der Waals surface area contributed by atoms with Gasteiger partial charge in [0.25, 0.3) is 5.91 Å². The first-order valence-corrected chi connectivity index (χ1v) is 7.02. The molecular weight excluding hydrogens is 300 g/mol. The lowest BCUT2D eigenvalue weighted by molar-refractivity contribution is 0.102. The van der Waals surface area contributed by atoms with Gasteiger partial charge in [-0.3, -0.25) is 10.1 Å². The van der Waals surface area contributed by atoms with E-state index in [4.69, 9.17) is 14.0 Å². The van der Waals surface area contributed by atoms with E-state index in [0.717, 1.165) is 5.52 Å². The summed E-state index contributed by atoms with van der Waals surface area (Å²) in [5.74, 6) is 0.377. The van der Waals surface area contributed by atoms with Crippen LogP contribution in [-0.2, 0) is 4.74 Å². The summed E-state index contributed by atoms with van der Waals surface area (Å²) in [6.45, 7) is 2.62. The molecule has 1 amide bonds. The Kier molecular flexibility index (Phi) is 4.24. The van der Waals surface area contributed by atoms with Crippen LogP contribution in [0.15, 0.2) is 28.9 Å². The average Bonchev–Trinajstić information content (AvgIpc) is 3.13. The first-order chi connectivity index (χ1) is 11.2. The van der Waals surface area contributed by atoms with Gasteiger partial charge in [-0.25, -0.2) is 4.98 Å². The molecule has 0 aromatic carbocycles. The lowest BCUT2D eigenvalue weighted by Crippen LogP contribution is -2.11. The number of anilines is 1. The van der Waals surface area contributed by atoms with Crippen molar-refractivity contribution in [2.24, 2.45) is 0 Å². The molecule has 2 N–H and O–H groups in total. The summed E-state index contributed by atoms with van der Waals surface area (Å²) >= 11 is 0. The van der Waals surface area contributed by atoms with Gasteiger partial charge >= 0.3 is 0 Å². The van der Waals surface area contributed by atoms with E-state index in [-0.39, 0.29) is 11.8 Å². The number of aromatic amines is 1. The Morgan fingerprint density at radius 1 is 1.39 bits per heavy atom. The lowest BCUT2D eigenvalue weighted by atomic mass is 10.2. The fourth-order valence-corrected chi connectivity index (χ4v) is 2.07. The van der Waals surface area contributed by atoms with E-state index >= 15 is 0 Å². The highest BCUT2D eigenvalue weighted by Gasteiger charge is 2.16. The van der Waals surface area contributed by atoms with Gasteiger partial charge < -0.3 is 19.0 Å². The van der Waals surface area contributed by atoms with Gasteiger partial charge in [0.1, 0.15) is 12.1 Å². The van der Waals surface area contributed by atoms with E-state index in [0.29, 0.717) is 35.9 Å². The van der Waals surface area contributed by atoms with Crippen molar-refractivity contribution in [3.63, 3.8) is 0 Å². The average molecular weight is 316 g/mol. The predicted molar refractivity (Wildman–Crippen MR) is 82.7 cm³/mol. The van der Waals surface area contributed by atoms with Crippen LogP contribution in [-0.4, -0.2) is 41.4 Å². The maximum atomic E-state index is 12.4. The van der Waals surface area contributed by atoms with Gasteiger partial charge in [0, 0.05) is 25.4 Å². The molecule has 8 nitrogen and oxygen atoms in total. The molecule has 0 unspecified atom stereocenters. The molecule has 0 saturated carbocycles. The number of nitrogens with one attached hydrogen (secondary N) is 2. The maximum Gasteiger partial charge on any atom is 0.261 e. The van der Waals surface area contributed by atoms with Gasteiger partial charge in [0.15, 0.2) is 0 Å². The van der Waals surface area contributed by atoms with Crippen LogP contribution in [0.2, 0.25) is 0 Å². The molecule has 0 aliphatic carbocycles. The molecule has 8 heteroatoms. The van der Waals surface area contributed by atoms with E-state index in [2.05, 4.69) is 20.4 Å². The van der Waals surface area contributed by atoms with Crippen molar-refractivity contribution in [3.8, 4) is 5.88 Å². The third-order valence-electron chi connectivity index (χ3n) is 3.14. The molecule has 0 atom stereocenters. The summed E-state index contributed by atoms with van der Waals surface area (Å²) in [5.41, 5.74) is 2.34. The molecule has 23 heavy (non-hydrogen) atoms. The highest BCUT2D eigenvalue weighted by Crippen LogP contribution is 2.21. The molecule has 3 aromatic heterocycles. The first-order valence-electron chi connectivity index (χ1n) is 7.02. The minimum atomic E-state index is -0.339. The van der Waals surface area contributed by atoms with Crippen LogP contribution in [0.25, 0.3) is 11.0 Å². The molecule has 0 saturated heterocycles. The zero-order valence-corrected chi connectivity index (χ0v) is 12.8. The normalized spacial score (nSPS) is 10.9. The summed E-state index contributed by atoms with van der Waals surface area (Å²) < 4.78 is 15.4. The molecule has 3 rings (SSSR count). The third kappa shape index (κ3) is 3.32. The van der Waals surface area contributed by atoms with Crippen molar-refractivity contribution in [2.75, 3.05) is 25.6 Å². The molecule has 3 aromatic rings. The van der Waals surface area contributed by atoms with Crippen molar-refractivity contribution >= 4 is 22.8 Å². The lowest BCUT2D eigenvalue weighted by Gasteiger charge is -2.05. The van der Waals surface area contributed by atoms with Gasteiger partial charge in [0.05, 0.1) is 23.4 Å². The SMILES string of the molecule is COCCOc1ccc2[nH]cc(C(=O)Nc3cc(C)no3)c2n1. The molecular formula is C15H16N4O4. The maximum absolute atomic E-state index is 12.4. The monoisotopic (exact) mass is 316 g/mol. The zero-order valence-electron chi connectivity index (χ0n) is 12.8. The van der Waals surface area contributed by atoms with Crippen LogP contribution in [0.1, 0.15) is 16.1 Å². The Morgan fingerprint density at radius 3 is 3.00 bits per heavy atom. The van der Waals surface area contributed by atoms with Crippen LogP contribution < -0.4 is 10.1 Å².